The van der Waals surface area contributed by atoms with Crippen molar-refractivity contribution in [1.29, 1.82) is 0 Å². The molecule has 3 nitrogen and oxygen atoms in total. The second-order valence-electron chi connectivity index (χ2n) is 17.6. The molecule has 0 aromatic rings. The Kier molecular flexibility index (Phi) is 15.2. The number of aliphatic hydroxyl groups is 1. The van der Waals surface area contributed by atoms with E-state index in [1.165, 1.54) is 64.2 Å². The second-order valence-corrected chi connectivity index (χ2v) is 17.6. The smallest absolute Gasteiger partial charge is 0.396 e. The minimum atomic E-state index is -6.69. The summed E-state index contributed by atoms with van der Waals surface area (Å²) in [6.07, 6.45) is 1.95. The molecule has 12 heteroatoms. The van der Waals surface area contributed by atoms with E-state index in [9.17, 15) is 39.5 Å². The Bertz CT molecular complexity index is 1040. The second kappa shape index (κ2) is 18.0. The highest BCUT2D eigenvalue weighted by atomic mass is 19.4. The maximum atomic E-state index is 13.3. The topological polar surface area (TPSA) is 38.7 Å². The summed E-state index contributed by atoms with van der Waals surface area (Å²) >= 11 is 0. The molecule has 4 fully saturated rings. The summed E-state index contributed by atoms with van der Waals surface area (Å²) in [5, 5.41) is 8.86. The van der Waals surface area contributed by atoms with E-state index in [1.807, 2.05) is 6.92 Å². The first-order chi connectivity index (χ1) is 24.3. The molecule has 0 aromatic carbocycles. The van der Waals surface area contributed by atoms with Crippen LogP contribution in [0.4, 0.5) is 39.5 Å². The first kappa shape index (κ1) is 44.0. The predicted molar refractivity (Wildman–Crippen MR) is 183 cm³/mol. The third kappa shape index (κ3) is 9.43. The first-order valence-corrected chi connectivity index (χ1v) is 20.4. The summed E-state index contributed by atoms with van der Waals surface area (Å²) in [7, 11) is 0. The number of aliphatic hydroxyl groups excluding tert-OH is 1. The van der Waals surface area contributed by atoms with E-state index in [2.05, 4.69) is 18.6 Å². The fourth-order valence-electron chi connectivity index (χ4n) is 11.8. The van der Waals surface area contributed by atoms with Gasteiger partial charge in [-0.1, -0.05) is 72.1 Å². The van der Waals surface area contributed by atoms with Gasteiger partial charge in [0.05, 0.1) is 6.10 Å². The maximum absolute atomic E-state index is 13.3. The van der Waals surface area contributed by atoms with Crippen molar-refractivity contribution in [2.45, 2.75) is 186 Å². The van der Waals surface area contributed by atoms with Crippen LogP contribution in [-0.2, 0) is 9.47 Å². The first-order valence-electron chi connectivity index (χ1n) is 20.4. The Hall–Kier alpha value is -0.750. The van der Waals surface area contributed by atoms with Gasteiger partial charge in [0, 0.05) is 19.8 Å². The third-order valence-electron chi connectivity index (χ3n) is 14.6. The summed E-state index contributed by atoms with van der Waals surface area (Å²) in [5.74, 6) is 2.52. The number of unbranched alkanes of at least 4 members (excludes halogenated alkanes) is 9. The quantitative estimate of drug-likeness (QED) is 0.105. The van der Waals surface area contributed by atoms with Crippen molar-refractivity contribution in [3.05, 3.63) is 0 Å². The summed E-state index contributed by atoms with van der Waals surface area (Å²) in [6, 6.07) is 0. The summed E-state index contributed by atoms with van der Waals surface area (Å²) in [4.78, 5) is 0. The van der Waals surface area contributed by atoms with E-state index < -0.39 is 30.7 Å². The van der Waals surface area contributed by atoms with E-state index in [4.69, 9.17) is 9.84 Å². The highest BCUT2D eigenvalue weighted by molar-refractivity contribution is 5.10. The van der Waals surface area contributed by atoms with Gasteiger partial charge in [0.15, 0.2) is 0 Å². The van der Waals surface area contributed by atoms with Crippen LogP contribution in [0, 0.1) is 46.3 Å². The van der Waals surface area contributed by atoms with E-state index >= 15 is 0 Å². The highest BCUT2D eigenvalue weighted by Gasteiger charge is 2.85. The molecular weight excluding hydrogens is 699 g/mol. The van der Waals surface area contributed by atoms with Gasteiger partial charge in [-0.05, 0) is 130 Å². The number of rotatable bonds is 19. The normalized spacial score (nSPS) is 33.4. The van der Waals surface area contributed by atoms with Crippen LogP contribution in [0.1, 0.15) is 156 Å². The van der Waals surface area contributed by atoms with Crippen LogP contribution in [0.5, 0.6) is 0 Å². The molecule has 4 aliphatic carbocycles. The molecular formula is C40H65F9O3. The fraction of sp³-hybridized carbons (Fsp3) is 1.00. The van der Waals surface area contributed by atoms with Crippen LogP contribution in [0.3, 0.4) is 0 Å². The van der Waals surface area contributed by atoms with Gasteiger partial charge in [0.2, 0.25) is 0 Å². The number of alkyl halides is 9. The average Bonchev–Trinajstić information content (AvgIpc) is 3.40. The molecule has 0 saturated heterocycles. The van der Waals surface area contributed by atoms with E-state index in [1.54, 1.807) is 0 Å². The molecule has 0 amide bonds. The molecule has 0 aliphatic heterocycles. The number of fused-ring (bicyclic) bond motifs is 5. The van der Waals surface area contributed by atoms with E-state index in [-0.39, 0.29) is 35.5 Å². The Morgan fingerprint density at radius 2 is 1.15 bits per heavy atom. The Balaban J connectivity index is 1.21. The zero-order valence-electron chi connectivity index (χ0n) is 31.7. The van der Waals surface area contributed by atoms with Gasteiger partial charge in [-0.2, -0.15) is 39.5 Å². The number of hydrogen-bond donors (Lipinski definition) is 1. The zero-order valence-corrected chi connectivity index (χ0v) is 31.7. The molecule has 0 unspecified atom stereocenters. The zero-order chi connectivity index (χ0) is 38.4. The lowest BCUT2D eigenvalue weighted by Crippen LogP contribution is -2.67. The molecule has 0 radical (unpaired) electrons. The molecule has 52 heavy (non-hydrogen) atoms. The minimum Gasteiger partial charge on any atom is -0.396 e. The monoisotopic (exact) mass is 764 g/mol. The van der Waals surface area contributed by atoms with Gasteiger partial charge < -0.3 is 14.6 Å². The SMILES string of the molecule is C[C@H](CCCOC(C(F)(F)F)(C(F)(F)F)C(F)(F)F)[C@H]1CC[C@H]2[C@@H]3CC[C@@H]4C[C@H](OCCCCCCCCCCCCO)CC[C@]4(C)[C@H]3CC[C@]12C. The third-order valence-corrected chi connectivity index (χ3v) is 14.6. The molecule has 1 N–H and O–H groups in total. The van der Waals surface area contributed by atoms with Crippen molar-refractivity contribution in [2.24, 2.45) is 46.3 Å². The number of ether oxygens (including phenoxy) is 2. The Labute approximate surface area is 305 Å². The van der Waals surface area contributed by atoms with Crippen molar-refractivity contribution in [3.8, 4) is 0 Å². The van der Waals surface area contributed by atoms with Crippen LogP contribution >= 0.6 is 0 Å². The lowest BCUT2D eigenvalue weighted by Gasteiger charge is -2.61. The van der Waals surface area contributed by atoms with Crippen molar-refractivity contribution < 1.29 is 54.1 Å². The molecule has 9 atom stereocenters. The lowest BCUT2D eigenvalue weighted by molar-refractivity contribution is -0.457. The van der Waals surface area contributed by atoms with Crippen LogP contribution in [0.25, 0.3) is 0 Å². The predicted octanol–water partition coefficient (Wildman–Crippen LogP) is 12.8. The van der Waals surface area contributed by atoms with Gasteiger partial charge >= 0.3 is 24.1 Å². The summed E-state index contributed by atoms with van der Waals surface area (Å²) in [6.45, 7) is 6.60. The standard InChI is InChI=1S/C40H65F9O3/c1-28(15-14-26-52-37(38(41,42)43,39(44,45)46)40(47,48)49)32-18-19-33-31-17-16-29-27-30(20-22-35(29,2)34(31)21-23-36(32,33)3)51-25-13-11-9-7-5-4-6-8-10-12-24-50/h28-34,50H,4-27H2,1-3H3/t28-,29-,30-,31+,32-,33+,34+,35+,36-/m1/s1. The molecule has 4 saturated carbocycles. The van der Waals surface area contributed by atoms with Crippen molar-refractivity contribution in [3.63, 3.8) is 0 Å². The fourth-order valence-corrected chi connectivity index (χ4v) is 11.8. The van der Waals surface area contributed by atoms with E-state index in [0.717, 1.165) is 64.4 Å². The van der Waals surface area contributed by atoms with Crippen molar-refractivity contribution in [1.82, 2.24) is 0 Å². The van der Waals surface area contributed by atoms with Gasteiger partial charge in [-0.25, -0.2) is 0 Å². The van der Waals surface area contributed by atoms with Crippen LogP contribution in [0.15, 0.2) is 0 Å². The van der Waals surface area contributed by atoms with Gasteiger partial charge in [0.25, 0.3) is 0 Å². The molecule has 0 aromatic heterocycles. The van der Waals surface area contributed by atoms with Gasteiger partial charge in [-0.3, -0.25) is 0 Å². The molecule has 306 valence electrons. The van der Waals surface area contributed by atoms with Crippen molar-refractivity contribution in [2.75, 3.05) is 19.8 Å². The van der Waals surface area contributed by atoms with Crippen LogP contribution in [-0.4, -0.2) is 55.2 Å². The summed E-state index contributed by atoms with van der Waals surface area (Å²) in [5.41, 5.74) is -5.93. The molecule has 0 heterocycles. The van der Waals surface area contributed by atoms with Crippen LogP contribution in [0.2, 0.25) is 0 Å². The highest BCUT2D eigenvalue weighted by Crippen LogP contribution is 2.68. The van der Waals surface area contributed by atoms with Crippen molar-refractivity contribution >= 4 is 0 Å². The summed E-state index contributed by atoms with van der Waals surface area (Å²) < 4.78 is 130. The largest absolute Gasteiger partial charge is 0.435 e. The van der Waals surface area contributed by atoms with Gasteiger partial charge in [-0.15, -0.1) is 0 Å². The molecule has 0 bridgehead atoms. The number of hydrogen-bond acceptors (Lipinski definition) is 3. The lowest BCUT2D eigenvalue weighted by atomic mass is 9.44. The maximum Gasteiger partial charge on any atom is 0.435 e. The van der Waals surface area contributed by atoms with E-state index in [0.29, 0.717) is 36.4 Å². The average molecular weight is 765 g/mol. The van der Waals surface area contributed by atoms with Gasteiger partial charge in [0.1, 0.15) is 0 Å². The minimum absolute atomic E-state index is 0.00107. The Morgan fingerprint density at radius 3 is 1.73 bits per heavy atom. The molecule has 4 aliphatic rings. The van der Waals surface area contributed by atoms with Crippen LogP contribution < -0.4 is 0 Å². The Morgan fingerprint density at radius 1 is 0.615 bits per heavy atom. The molecule has 4 rings (SSSR count). The molecule has 0 spiro atoms. The number of halogens is 9.